The van der Waals surface area contributed by atoms with Crippen LogP contribution in [-0.4, -0.2) is 12.9 Å². The number of hydrogen-bond donors (Lipinski definition) is 0. The third-order valence-electron chi connectivity index (χ3n) is 1.97. The second-order valence-corrected chi connectivity index (χ2v) is 4.13. The lowest BCUT2D eigenvalue weighted by Gasteiger charge is -2.09. The molecule has 0 N–H and O–H groups in total. The number of ether oxygens (including phenoxy) is 1. The minimum absolute atomic E-state index is 0.00148. The van der Waals surface area contributed by atoms with Crippen molar-refractivity contribution in [2.75, 3.05) is 7.11 Å². The summed E-state index contributed by atoms with van der Waals surface area (Å²) in [5.41, 5.74) is 0.680. The molecule has 0 fully saturated rings. The maximum atomic E-state index is 11.7. The molecule has 0 spiro atoms. The highest BCUT2D eigenvalue weighted by atomic mass is 79.9. The van der Waals surface area contributed by atoms with E-state index in [0.717, 1.165) is 4.47 Å². The molecule has 1 rings (SSSR count). The number of hydrogen-bond acceptors (Lipinski definition) is 2. The smallest absolute Gasteiger partial charge is 0.166 e. The van der Waals surface area contributed by atoms with Gasteiger partial charge in [0.05, 0.1) is 11.6 Å². The molecule has 0 radical (unpaired) electrons. The van der Waals surface area contributed by atoms with Crippen molar-refractivity contribution in [1.82, 2.24) is 0 Å². The highest BCUT2D eigenvalue weighted by Gasteiger charge is 2.15. The predicted molar refractivity (Wildman–Crippen MR) is 59.9 cm³/mol. The number of benzene rings is 1. The largest absolute Gasteiger partial charge is 0.496 e. The van der Waals surface area contributed by atoms with Crippen LogP contribution in [0.4, 0.5) is 0 Å². The SMILES string of the molecule is COc1cccc(C(=O)C(C)C)c1Br. The average Bonchev–Trinajstić information content (AvgIpc) is 2.17. The molecule has 0 aromatic heterocycles. The van der Waals surface area contributed by atoms with E-state index in [-0.39, 0.29) is 11.7 Å². The van der Waals surface area contributed by atoms with Crippen molar-refractivity contribution in [3.63, 3.8) is 0 Å². The second-order valence-electron chi connectivity index (χ2n) is 3.34. The molecule has 0 unspecified atom stereocenters. The van der Waals surface area contributed by atoms with Crippen LogP contribution in [0.15, 0.2) is 22.7 Å². The Morgan fingerprint density at radius 1 is 1.43 bits per heavy atom. The zero-order valence-electron chi connectivity index (χ0n) is 8.50. The van der Waals surface area contributed by atoms with E-state index in [9.17, 15) is 4.79 Å². The van der Waals surface area contributed by atoms with E-state index >= 15 is 0 Å². The van der Waals surface area contributed by atoms with Crippen LogP contribution in [0.5, 0.6) is 5.75 Å². The number of halogens is 1. The Balaban J connectivity index is 3.16. The summed E-state index contributed by atoms with van der Waals surface area (Å²) in [4.78, 5) is 11.7. The summed E-state index contributed by atoms with van der Waals surface area (Å²) < 4.78 is 5.85. The van der Waals surface area contributed by atoms with Crippen molar-refractivity contribution >= 4 is 21.7 Å². The normalized spacial score (nSPS) is 10.4. The van der Waals surface area contributed by atoms with Gasteiger partial charge in [0.2, 0.25) is 0 Å². The van der Waals surface area contributed by atoms with Crippen molar-refractivity contribution in [2.24, 2.45) is 5.92 Å². The van der Waals surface area contributed by atoms with Gasteiger partial charge in [-0.1, -0.05) is 19.9 Å². The van der Waals surface area contributed by atoms with Gasteiger partial charge in [0.15, 0.2) is 5.78 Å². The van der Waals surface area contributed by atoms with Crippen molar-refractivity contribution in [3.8, 4) is 5.75 Å². The van der Waals surface area contributed by atoms with Crippen molar-refractivity contribution in [1.29, 1.82) is 0 Å². The molecule has 2 nitrogen and oxygen atoms in total. The van der Waals surface area contributed by atoms with Crippen LogP contribution in [0.25, 0.3) is 0 Å². The fourth-order valence-corrected chi connectivity index (χ4v) is 1.79. The zero-order valence-corrected chi connectivity index (χ0v) is 10.1. The molecule has 0 heterocycles. The highest BCUT2D eigenvalue weighted by molar-refractivity contribution is 9.10. The fraction of sp³-hybridized carbons (Fsp3) is 0.364. The minimum atomic E-state index is -0.00148. The Morgan fingerprint density at radius 3 is 2.57 bits per heavy atom. The van der Waals surface area contributed by atoms with Crippen LogP contribution in [0.3, 0.4) is 0 Å². The van der Waals surface area contributed by atoms with Gasteiger partial charge >= 0.3 is 0 Å². The quantitative estimate of drug-likeness (QED) is 0.776. The molecule has 14 heavy (non-hydrogen) atoms. The lowest BCUT2D eigenvalue weighted by Crippen LogP contribution is -2.08. The Labute approximate surface area is 92.4 Å². The number of carbonyl (C=O) groups is 1. The van der Waals surface area contributed by atoms with Crippen LogP contribution >= 0.6 is 15.9 Å². The number of ketones is 1. The summed E-state index contributed by atoms with van der Waals surface area (Å²) in [5, 5.41) is 0. The molecule has 0 aliphatic heterocycles. The average molecular weight is 257 g/mol. The monoisotopic (exact) mass is 256 g/mol. The third-order valence-corrected chi connectivity index (χ3v) is 2.79. The first-order valence-electron chi connectivity index (χ1n) is 4.44. The standard InChI is InChI=1S/C11H13BrO2/c1-7(2)11(13)8-5-4-6-9(14-3)10(8)12/h4-7H,1-3H3. The summed E-state index contributed by atoms with van der Waals surface area (Å²) in [6.07, 6.45) is 0. The minimum Gasteiger partial charge on any atom is -0.496 e. The van der Waals surface area contributed by atoms with Gasteiger partial charge in [0, 0.05) is 11.5 Å². The highest BCUT2D eigenvalue weighted by Crippen LogP contribution is 2.29. The first-order valence-corrected chi connectivity index (χ1v) is 5.24. The van der Waals surface area contributed by atoms with E-state index in [4.69, 9.17) is 4.74 Å². The van der Waals surface area contributed by atoms with Gasteiger partial charge in [0.25, 0.3) is 0 Å². The van der Waals surface area contributed by atoms with E-state index < -0.39 is 0 Å². The summed E-state index contributed by atoms with van der Waals surface area (Å²) >= 11 is 3.36. The first-order chi connectivity index (χ1) is 6.57. The van der Waals surface area contributed by atoms with Crippen molar-refractivity contribution < 1.29 is 9.53 Å². The van der Waals surface area contributed by atoms with Crippen LogP contribution in [0, 0.1) is 5.92 Å². The van der Waals surface area contributed by atoms with E-state index in [1.54, 1.807) is 13.2 Å². The van der Waals surface area contributed by atoms with Crippen LogP contribution in [-0.2, 0) is 0 Å². The summed E-state index contributed by atoms with van der Waals surface area (Å²) in [6, 6.07) is 5.44. The third kappa shape index (κ3) is 2.15. The number of Topliss-reactive ketones (excluding diaryl/α,β-unsaturated/α-hetero) is 1. The molecular formula is C11H13BrO2. The molecule has 0 saturated carbocycles. The maximum Gasteiger partial charge on any atom is 0.166 e. The van der Waals surface area contributed by atoms with Crippen molar-refractivity contribution in [3.05, 3.63) is 28.2 Å². The molecule has 0 saturated heterocycles. The Hall–Kier alpha value is -0.830. The Kier molecular flexibility index (Phi) is 3.69. The van der Waals surface area contributed by atoms with Gasteiger partial charge in [-0.05, 0) is 28.1 Å². The molecule has 0 amide bonds. The molecular weight excluding hydrogens is 244 g/mol. The summed E-state index contributed by atoms with van der Waals surface area (Å²) in [5.74, 6) is 0.811. The summed E-state index contributed by atoms with van der Waals surface area (Å²) in [7, 11) is 1.59. The molecule has 1 aromatic carbocycles. The zero-order chi connectivity index (χ0) is 10.7. The summed E-state index contributed by atoms with van der Waals surface area (Å²) in [6.45, 7) is 3.77. The van der Waals surface area contributed by atoms with E-state index in [0.29, 0.717) is 11.3 Å². The topological polar surface area (TPSA) is 26.3 Å². The van der Waals surface area contributed by atoms with E-state index in [1.807, 2.05) is 26.0 Å². The lowest BCUT2D eigenvalue weighted by molar-refractivity contribution is 0.0938. The molecule has 0 aliphatic carbocycles. The number of carbonyl (C=O) groups excluding carboxylic acids is 1. The van der Waals surface area contributed by atoms with Crippen LogP contribution < -0.4 is 4.74 Å². The van der Waals surface area contributed by atoms with Crippen LogP contribution in [0.1, 0.15) is 24.2 Å². The molecule has 0 atom stereocenters. The maximum absolute atomic E-state index is 11.7. The molecule has 0 bridgehead atoms. The molecule has 1 aromatic rings. The second kappa shape index (κ2) is 4.60. The van der Waals surface area contributed by atoms with Gasteiger partial charge in [-0.25, -0.2) is 0 Å². The van der Waals surface area contributed by atoms with Crippen LogP contribution in [0.2, 0.25) is 0 Å². The van der Waals surface area contributed by atoms with Gasteiger partial charge in [-0.3, -0.25) is 4.79 Å². The van der Waals surface area contributed by atoms with Gasteiger partial charge in [-0.2, -0.15) is 0 Å². The molecule has 0 aliphatic rings. The predicted octanol–water partition coefficient (Wildman–Crippen LogP) is 3.30. The molecule has 76 valence electrons. The first kappa shape index (κ1) is 11.2. The van der Waals surface area contributed by atoms with Crippen molar-refractivity contribution in [2.45, 2.75) is 13.8 Å². The Morgan fingerprint density at radius 2 is 2.07 bits per heavy atom. The number of rotatable bonds is 3. The lowest BCUT2D eigenvalue weighted by atomic mass is 10.0. The Bertz CT molecular complexity index is 345. The van der Waals surface area contributed by atoms with E-state index in [1.165, 1.54) is 0 Å². The van der Waals surface area contributed by atoms with E-state index in [2.05, 4.69) is 15.9 Å². The van der Waals surface area contributed by atoms with Gasteiger partial charge in [-0.15, -0.1) is 0 Å². The van der Waals surface area contributed by atoms with Gasteiger partial charge < -0.3 is 4.74 Å². The number of methoxy groups -OCH3 is 1. The van der Waals surface area contributed by atoms with Gasteiger partial charge in [0.1, 0.15) is 5.75 Å². The molecule has 3 heteroatoms. The fourth-order valence-electron chi connectivity index (χ4n) is 1.17.